The van der Waals surface area contributed by atoms with Gasteiger partial charge in [0.15, 0.2) is 0 Å². The summed E-state index contributed by atoms with van der Waals surface area (Å²) < 4.78 is 0. The number of likely N-dealkylation sites (tertiary alicyclic amines) is 2. The molecule has 0 aromatic heterocycles. The van der Waals surface area contributed by atoms with Gasteiger partial charge in [-0.25, -0.2) is 0 Å². The van der Waals surface area contributed by atoms with E-state index in [9.17, 15) is 9.90 Å². The number of amides is 1. The van der Waals surface area contributed by atoms with Gasteiger partial charge in [0.2, 0.25) is 5.91 Å². The molecule has 1 N–H and O–H groups in total. The second-order valence-corrected chi connectivity index (χ2v) is 6.08. The Balaban J connectivity index is 1.81. The van der Waals surface area contributed by atoms with Crippen LogP contribution in [0.1, 0.15) is 39.5 Å². The maximum Gasteiger partial charge on any atom is 0.222 e. The molecule has 0 saturated carbocycles. The number of carbonyl (C=O) groups excluding carboxylic acids is 1. The van der Waals surface area contributed by atoms with Crippen LogP contribution in [0.4, 0.5) is 0 Å². The molecule has 1 amide bonds. The van der Waals surface area contributed by atoms with Crippen LogP contribution in [-0.2, 0) is 4.79 Å². The van der Waals surface area contributed by atoms with Gasteiger partial charge in [0.1, 0.15) is 0 Å². The van der Waals surface area contributed by atoms with Crippen molar-refractivity contribution in [2.24, 2.45) is 5.92 Å². The topological polar surface area (TPSA) is 43.8 Å². The van der Waals surface area contributed by atoms with Crippen LogP contribution in [0.5, 0.6) is 0 Å². The van der Waals surface area contributed by atoms with Crippen molar-refractivity contribution < 1.29 is 9.90 Å². The molecule has 0 bridgehead atoms. The highest BCUT2D eigenvalue weighted by atomic mass is 16.3. The molecule has 1 unspecified atom stereocenters. The van der Waals surface area contributed by atoms with Crippen LogP contribution in [0.2, 0.25) is 0 Å². The van der Waals surface area contributed by atoms with Crippen molar-refractivity contribution in [2.75, 3.05) is 26.2 Å². The summed E-state index contributed by atoms with van der Waals surface area (Å²) in [4.78, 5) is 16.3. The third-order valence-electron chi connectivity index (χ3n) is 4.24. The summed E-state index contributed by atoms with van der Waals surface area (Å²) in [5.74, 6) is 0.927. The van der Waals surface area contributed by atoms with E-state index in [1.54, 1.807) is 0 Å². The van der Waals surface area contributed by atoms with E-state index in [1.807, 2.05) is 4.90 Å². The molecule has 1 atom stereocenters. The highest BCUT2D eigenvalue weighted by molar-refractivity contribution is 5.77. The van der Waals surface area contributed by atoms with Crippen LogP contribution >= 0.6 is 0 Å². The van der Waals surface area contributed by atoms with Crippen molar-refractivity contribution in [1.82, 2.24) is 9.80 Å². The Morgan fingerprint density at radius 3 is 2.56 bits per heavy atom. The average molecular weight is 254 g/mol. The Labute approximate surface area is 110 Å². The number of nitrogens with zero attached hydrogens (tertiary/aromatic N) is 2. The van der Waals surface area contributed by atoms with Gasteiger partial charge in [0.05, 0.1) is 6.10 Å². The zero-order chi connectivity index (χ0) is 13.1. The van der Waals surface area contributed by atoms with Crippen molar-refractivity contribution in [1.29, 1.82) is 0 Å². The van der Waals surface area contributed by atoms with Gasteiger partial charge in [-0.05, 0) is 39.0 Å². The van der Waals surface area contributed by atoms with Crippen molar-refractivity contribution in [3.05, 3.63) is 0 Å². The molecule has 4 heteroatoms. The summed E-state index contributed by atoms with van der Waals surface area (Å²) >= 11 is 0. The highest BCUT2D eigenvalue weighted by Gasteiger charge is 2.29. The Morgan fingerprint density at radius 1 is 1.28 bits per heavy atom. The largest absolute Gasteiger partial charge is 0.393 e. The summed E-state index contributed by atoms with van der Waals surface area (Å²) in [5, 5.41) is 9.50. The van der Waals surface area contributed by atoms with E-state index >= 15 is 0 Å². The van der Waals surface area contributed by atoms with Gasteiger partial charge in [0.25, 0.3) is 0 Å². The Morgan fingerprint density at radius 2 is 1.94 bits per heavy atom. The zero-order valence-corrected chi connectivity index (χ0v) is 11.6. The Hall–Kier alpha value is -0.610. The van der Waals surface area contributed by atoms with Crippen LogP contribution in [-0.4, -0.2) is 59.1 Å². The number of piperidine rings is 2. The number of aliphatic hydroxyl groups is 1. The molecule has 2 saturated heterocycles. The zero-order valence-electron chi connectivity index (χ0n) is 11.6. The van der Waals surface area contributed by atoms with Gasteiger partial charge in [-0.3, -0.25) is 4.79 Å². The molecule has 2 heterocycles. The lowest BCUT2D eigenvalue weighted by Crippen LogP contribution is -2.48. The molecule has 0 aromatic rings. The lowest BCUT2D eigenvalue weighted by Gasteiger charge is -2.39. The summed E-state index contributed by atoms with van der Waals surface area (Å²) in [6.45, 7) is 8.20. The fourth-order valence-electron chi connectivity index (χ4n) is 3.06. The van der Waals surface area contributed by atoms with E-state index in [4.69, 9.17) is 0 Å². The fraction of sp³-hybridized carbons (Fsp3) is 0.929. The molecule has 0 aromatic carbocycles. The van der Waals surface area contributed by atoms with Gasteiger partial charge >= 0.3 is 0 Å². The molecule has 0 spiro atoms. The van der Waals surface area contributed by atoms with Crippen molar-refractivity contribution in [2.45, 2.75) is 51.7 Å². The van der Waals surface area contributed by atoms with Crippen molar-refractivity contribution in [3.8, 4) is 0 Å². The number of aliphatic hydroxyl groups excluding tert-OH is 1. The first-order valence-corrected chi connectivity index (χ1v) is 7.26. The minimum absolute atomic E-state index is 0.0960. The molecule has 2 aliphatic rings. The smallest absolute Gasteiger partial charge is 0.222 e. The predicted octanol–water partition coefficient (Wildman–Crippen LogP) is 1.09. The standard InChI is InChI=1S/C14H26N2O2/c1-11(2)16-10-12(3-4-14(16)18)9-15-7-5-13(17)6-8-15/h11-13,17H,3-10H2,1-2H3. The maximum atomic E-state index is 11.8. The van der Waals surface area contributed by atoms with E-state index in [-0.39, 0.29) is 6.10 Å². The molecule has 2 fully saturated rings. The van der Waals surface area contributed by atoms with Crippen LogP contribution < -0.4 is 0 Å². The molecule has 2 rings (SSSR count). The Bertz CT molecular complexity index is 286. The monoisotopic (exact) mass is 254 g/mol. The first-order valence-electron chi connectivity index (χ1n) is 7.26. The second kappa shape index (κ2) is 6.02. The van der Waals surface area contributed by atoms with E-state index < -0.39 is 0 Å². The average Bonchev–Trinajstić information content (AvgIpc) is 2.34. The van der Waals surface area contributed by atoms with E-state index in [2.05, 4.69) is 18.7 Å². The van der Waals surface area contributed by atoms with Gasteiger partial charge in [-0.2, -0.15) is 0 Å². The van der Waals surface area contributed by atoms with E-state index in [1.165, 1.54) is 0 Å². The van der Waals surface area contributed by atoms with Gasteiger partial charge in [-0.15, -0.1) is 0 Å². The molecule has 104 valence electrons. The third kappa shape index (κ3) is 3.45. The van der Waals surface area contributed by atoms with E-state index in [0.29, 0.717) is 24.3 Å². The van der Waals surface area contributed by atoms with Crippen LogP contribution in [0.25, 0.3) is 0 Å². The summed E-state index contributed by atoms with van der Waals surface area (Å²) in [6.07, 6.45) is 3.45. The van der Waals surface area contributed by atoms with Gasteiger partial charge < -0.3 is 14.9 Å². The SMILES string of the molecule is CC(C)N1CC(CN2CCC(O)CC2)CCC1=O. The van der Waals surface area contributed by atoms with Crippen LogP contribution in [0, 0.1) is 5.92 Å². The van der Waals surface area contributed by atoms with Crippen LogP contribution in [0.3, 0.4) is 0 Å². The first-order chi connectivity index (χ1) is 8.56. The van der Waals surface area contributed by atoms with Gasteiger partial charge in [0, 0.05) is 38.6 Å². The highest BCUT2D eigenvalue weighted by Crippen LogP contribution is 2.22. The van der Waals surface area contributed by atoms with Crippen molar-refractivity contribution >= 4 is 5.91 Å². The number of carbonyl (C=O) groups is 1. The predicted molar refractivity (Wildman–Crippen MR) is 71.3 cm³/mol. The van der Waals surface area contributed by atoms with Crippen LogP contribution in [0.15, 0.2) is 0 Å². The van der Waals surface area contributed by atoms with Gasteiger partial charge in [-0.1, -0.05) is 0 Å². The van der Waals surface area contributed by atoms with E-state index in [0.717, 1.165) is 45.4 Å². The molecule has 2 aliphatic heterocycles. The molecule has 18 heavy (non-hydrogen) atoms. The molecule has 0 radical (unpaired) electrons. The summed E-state index contributed by atoms with van der Waals surface area (Å²) in [5.41, 5.74) is 0. The minimum Gasteiger partial charge on any atom is -0.393 e. The summed E-state index contributed by atoms with van der Waals surface area (Å²) in [7, 11) is 0. The maximum absolute atomic E-state index is 11.8. The molecular formula is C14H26N2O2. The number of hydrogen-bond donors (Lipinski definition) is 1. The first kappa shape index (κ1) is 13.8. The Kier molecular flexibility index (Phi) is 4.62. The molecule has 0 aliphatic carbocycles. The second-order valence-electron chi connectivity index (χ2n) is 6.08. The number of hydrogen-bond acceptors (Lipinski definition) is 3. The third-order valence-corrected chi connectivity index (χ3v) is 4.24. The number of rotatable bonds is 3. The minimum atomic E-state index is -0.0960. The summed E-state index contributed by atoms with van der Waals surface area (Å²) in [6, 6.07) is 0.323. The molecular weight excluding hydrogens is 228 g/mol. The lowest BCUT2D eigenvalue weighted by molar-refractivity contribution is -0.137. The molecule has 4 nitrogen and oxygen atoms in total. The fourth-order valence-corrected chi connectivity index (χ4v) is 3.06. The normalized spacial score (nSPS) is 28.1. The van der Waals surface area contributed by atoms with Crippen molar-refractivity contribution in [3.63, 3.8) is 0 Å². The lowest BCUT2D eigenvalue weighted by atomic mass is 9.95. The quantitative estimate of drug-likeness (QED) is 0.820.